The van der Waals surface area contributed by atoms with Gasteiger partial charge in [-0.2, -0.15) is 0 Å². The number of nitrogens with zero attached hydrogens (tertiary/aromatic N) is 4. The van der Waals surface area contributed by atoms with E-state index in [4.69, 9.17) is 9.47 Å². The Hall–Kier alpha value is -1.44. The van der Waals surface area contributed by atoms with Crippen molar-refractivity contribution in [3.05, 3.63) is 12.1 Å². The number of aromatic nitrogens is 2. The molecule has 4 fully saturated rings. The van der Waals surface area contributed by atoms with Crippen LogP contribution in [-0.2, 0) is 9.47 Å². The van der Waals surface area contributed by atoms with Crippen molar-refractivity contribution in [1.29, 1.82) is 0 Å². The lowest BCUT2D eigenvalue weighted by molar-refractivity contribution is 0.0545. The molecule has 1 aliphatic carbocycles. The second-order valence-electron chi connectivity index (χ2n) is 8.98. The van der Waals surface area contributed by atoms with Crippen molar-refractivity contribution in [2.24, 2.45) is 17.8 Å². The van der Waals surface area contributed by atoms with E-state index in [9.17, 15) is 0 Å². The third-order valence-electron chi connectivity index (χ3n) is 7.02. The van der Waals surface area contributed by atoms with Gasteiger partial charge in [0.1, 0.15) is 5.82 Å². The van der Waals surface area contributed by atoms with Crippen LogP contribution in [0.4, 0.5) is 11.6 Å². The molecule has 0 unspecified atom stereocenters. The first-order chi connectivity index (χ1) is 13.8. The number of rotatable bonds is 5. The van der Waals surface area contributed by atoms with Crippen LogP contribution in [0.15, 0.2) is 12.1 Å². The average Bonchev–Trinajstić information content (AvgIpc) is 3.28. The molecule has 0 aromatic carbocycles. The lowest BCUT2D eigenvalue weighted by Crippen LogP contribution is -2.36. The number of hydrogen-bond donors (Lipinski definition) is 1. The van der Waals surface area contributed by atoms with Gasteiger partial charge in [-0.15, -0.1) is 10.2 Å². The van der Waals surface area contributed by atoms with Gasteiger partial charge in [0.25, 0.3) is 0 Å². The molecular formula is C21H33N5O2. The Labute approximate surface area is 167 Å². The van der Waals surface area contributed by atoms with E-state index >= 15 is 0 Å². The van der Waals surface area contributed by atoms with Crippen molar-refractivity contribution < 1.29 is 9.47 Å². The van der Waals surface area contributed by atoms with Crippen LogP contribution in [0, 0.1) is 17.8 Å². The monoisotopic (exact) mass is 387 g/mol. The molecule has 4 heterocycles. The number of fused-ring (bicyclic) bond motifs is 1. The second kappa shape index (κ2) is 8.51. The van der Waals surface area contributed by atoms with Gasteiger partial charge in [0, 0.05) is 52.0 Å². The smallest absolute Gasteiger partial charge is 0.151 e. The molecule has 28 heavy (non-hydrogen) atoms. The van der Waals surface area contributed by atoms with Crippen LogP contribution in [0.3, 0.4) is 0 Å². The summed E-state index contributed by atoms with van der Waals surface area (Å²) < 4.78 is 10.9. The maximum absolute atomic E-state index is 5.51. The molecule has 3 saturated heterocycles. The molecule has 7 heteroatoms. The van der Waals surface area contributed by atoms with E-state index in [-0.39, 0.29) is 0 Å². The van der Waals surface area contributed by atoms with Gasteiger partial charge >= 0.3 is 0 Å². The van der Waals surface area contributed by atoms with Crippen LogP contribution in [0.25, 0.3) is 0 Å². The van der Waals surface area contributed by atoms with Crippen molar-refractivity contribution in [1.82, 2.24) is 15.1 Å². The summed E-state index contributed by atoms with van der Waals surface area (Å²) in [7, 11) is 0. The van der Waals surface area contributed by atoms with Crippen LogP contribution in [0.1, 0.15) is 25.7 Å². The first kappa shape index (κ1) is 18.6. The zero-order chi connectivity index (χ0) is 18.8. The zero-order valence-corrected chi connectivity index (χ0v) is 16.8. The fourth-order valence-corrected chi connectivity index (χ4v) is 5.53. The summed E-state index contributed by atoms with van der Waals surface area (Å²) in [6, 6.07) is 4.72. The zero-order valence-electron chi connectivity index (χ0n) is 16.8. The topological polar surface area (TPSA) is 62.8 Å². The summed E-state index contributed by atoms with van der Waals surface area (Å²) in [4.78, 5) is 4.96. The first-order valence-corrected chi connectivity index (χ1v) is 11.1. The SMILES string of the molecule is c1cc(N2CCOCC2)nnc1N[C@H]1C[C@@H]2CN(CC3CCOCC3)C[C@@H]2C1. The van der Waals surface area contributed by atoms with Gasteiger partial charge in [0.2, 0.25) is 0 Å². The Morgan fingerprint density at radius 2 is 1.64 bits per heavy atom. The molecule has 0 bridgehead atoms. The molecule has 5 rings (SSSR count). The molecular weight excluding hydrogens is 354 g/mol. The number of likely N-dealkylation sites (tertiary alicyclic amines) is 1. The average molecular weight is 388 g/mol. The quantitative estimate of drug-likeness (QED) is 0.827. The highest BCUT2D eigenvalue weighted by atomic mass is 16.5. The van der Waals surface area contributed by atoms with Gasteiger partial charge in [-0.3, -0.25) is 0 Å². The van der Waals surface area contributed by atoms with E-state index in [2.05, 4.69) is 37.4 Å². The third-order valence-corrected chi connectivity index (χ3v) is 7.02. The lowest BCUT2D eigenvalue weighted by Gasteiger charge is -2.28. The molecule has 4 aliphatic rings. The Bertz CT molecular complexity index is 616. The molecule has 1 aromatic rings. The second-order valence-corrected chi connectivity index (χ2v) is 8.98. The molecule has 154 valence electrons. The fraction of sp³-hybridized carbons (Fsp3) is 0.810. The minimum atomic E-state index is 0.545. The maximum Gasteiger partial charge on any atom is 0.151 e. The predicted molar refractivity (Wildman–Crippen MR) is 109 cm³/mol. The number of morpholine rings is 1. The largest absolute Gasteiger partial charge is 0.381 e. The lowest BCUT2D eigenvalue weighted by atomic mass is 10.00. The highest BCUT2D eigenvalue weighted by Crippen LogP contribution is 2.39. The van der Waals surface area contributed by atoms with Crippen LogP contribution in [0.2, 0.25) is 0 Å². The highest BCUT2D eigenvalue weighted by Gasteiger charge is 2.41. The Morgan fingerprint density at radius 3 is 2.32 bits per heavy atom. The maximum atomic E-state index is 5.51. The molecule has 0 amide bonds. The van der Waals surface area contributed by atoms with E-state index in [1.54, 1.807) is 0 Å². The molecule has 1 aromatic heterocycles. The Morgan fingerprint density at radius 1 is 0.929 bits per heavy atom. The van der Waals surface area contributed by atoms with Crippen molar-refractivity contribution in [2.45, 2.75) is 31.7 Å². The standard InChI is InChI=1S/C21H33N5O2/c1-2-21(26-5-9-28-10-6-26)24-23-20(1)22-19-11-17-14-25(15-18(17)12-19)13-16-3-7-27-8-4-16/h1-2,16-19H,3-15H2,(H,22,23)/t17-,18+,19+. The van der Waals surface area contributed by atoms with Crippen molar-refractivity contribution in [3.63, 3.8) is 0 Å². The number of ether oxygens (including phenoxy) is 2. The number of anilines is 2. The molecule has 3 atom stereocenters. The molecule has 1 N–H and O–H groups in total. The summed E-state index contributed by atoms with van der Waals surface area (Å²) in [6.07, 6.45) is 5.02. The Kier molecular flexibility index (Phi) is 5.65. The van der Waals surface area contributed by atoms with Gasteiger partial charge in [-0.05, 0) is 55.6 Å². The highest BCUT2D eigenvalue weighted by molar-refractivity contribution is 5.44. The van der Waals surface area contributed by atoms with E-state index in [0.717, 1.165) is 68.9 Å². The van der Waals surface area contributed by atoms with E-state index < -0.39 is 0 Å². The Balaban J connectivity index is 1.09. The summed E-state index contributed by atoms with van der Waals surface area (Å²) in [5, 5.41) is 12.5. The van der Waals surface area contributed by atoms with E-state index in [1.165, 1.54) is 45.3 Å². The molecule has 0 radical (unpaired) electrons. The van der Waals surface area contributed by atoms with Gasteiger partial charge in [0.05, 0.1) is 13.2 Å². The minimum absolute atomic E-state index is 0.545. The van der Waals surface area contributed by atoms with Crippen LogP contribution in [0.5, 0.6) is 0 Å². The van der Waals surface area contributed by atoms with Crippen LogP contribution >= 0.6 is 0 Å². The van der Waals surface area contributed by atoms with Gasteiger partial charge in [0.15, 0.2) is 5.82 Å². The summed E-state index contributed by atoms with van der Waals surface area (Å²) >= 11 is 0. The van der Waals surface area contributed by atoms with E-state index in [0.29, 0.717) is 6.04 Å². The number of nitrogens with one attached hydrogen (secondary N) is 1. The molecule has 0 spiro atoms. The summed E-state index contributed by atoms with van der Waals surface area (Å²) in [6.45, 7) is 9.11. The fourth-order valence-electron chi connectivity index (χ4n) is 5.53. The summed E-state index contributed by atoms with van der Waals surface area (Å²) in [5.74, 6) is 4.42. The van der Waals surface area contributed by atoms with Crippen LogP contribution in [-0.4, -0.2) is 80.3 Å². The van der Waals surface area contributed by atoms with Crippen molar-refractivity contribution in [2.75, 3.05) is 69.4 Å². The van der Waals surface area contributed by atoms with Crippen molar-refractivity contribution in [3.8, 4) is 0 Å². The molecule has 3 aliphatic heterocycles. The van der Waals surface area contributed by atoms with Crippen molar-refractivity contribution >= 4 is 11.6 Å². The number of hydrogen-bond acceptors (Lipinski definition) is 7. The normalized spacial score (nSPS) is 31.9. The van der Waals surface area contributed by atoms with Gasteiger partial charge in [-0.1, -0.05) is 0 Å². The third kappa shape index (κ3) is 4.26. The molecule has 7 nitrogen and oxygen atoms in total. The van der Waals surface area contributed by atoms with Crippen LogP contribution < -0.4 is 10.2 Å². The molecule has 1 saturated carbocycles. The van der Waals surface area contributed by atoms with E-state index in [1.807, 2.05) is 0 Å². The minimum Gasteiger partial charge on any atom is -0.381 e. The van der Waals surface area contributed by atoms with Gasteiger partial charge in [-0.25, -0.2) is 0 Å². The summed E-state index contributed by atoms with van der Waals surface area (Å²) in [5.41, 5.74) is 0. The predicted octanol–water partition coefficient (Wildman–Crippen LogP) is 1.86. The van der Waals surface area contributed by atoms with Gasteiger partial charge < -0.3 is 24.6 Å². The first-order valence-electron chi connectivity index (χ1n) is 11.1.